The van der Waals surface area contributed by atoms with Crippen molar-refractivity contribution in [3.05, 3.63) is 0 Å². The van der Waals surface area contributed by atoms with Gasteiger partial charge in [-0.05, 0) is 27.7 Å². The van der Waals surface area contributed by atoms with Gasteiger partial charge < -0.3 is 62.3 Å². The molecule has 0 spiro atoms. The number of aliphatic hydroxyl groups is 2. The van der Waals surface area contributed by atoms with E-state index in [-0.39, 0.29) is 42.7 Å². The van der Waals surface area contributed by atoms with Crippen molar-refractivity contribution in [2.24, 2.45) is 0 Å². The second-order valence-corrected chi connectivity index (χ2v) is 11.4. The van der Waals surface area contributed by atoms with Gasteiger partial charge in [-0.2, -0.15) is 0 Å². The van der Waals surface area contributed by atoms with Gasteiger partial charge in [0.1, 0.15) is 24.4 Å². The van der Waals surface area contributed by atoms with E-state index >= 15 is 0 Å². The molecule has 13 nitrogen and oxygen atoms in total. The first-order valence-electron chi connectivity index (χ1n) is 14.6. The van der Waals surface area contributed by atoms with Crippen LogP contribution in [0.4, 0.5) is 0 Å². The largest absolute Gasteiger partial charge is 0.388 e. The maximum atomic E-state index is 10.3. The summed E-state index contributed by atoms with van der Waals surface area (Å²) in [5.41, 5.74) is 0. The molecule has 0 radical (unpaired) electrons. The van der Waals surface area contributed by atoms with Crippen LogP contribution in [-0.4, -0.2) is 137 Å². The van der Waals surface area contributed by atoms with E-state index < -0.39 is 55.7 Å². The number of methoxy groups -OCH3 is 4. The molecular weight excluding hydrogens is 544 g/mol. The molecule has 0 aromatic rings. The van der Waals surface area contributed by atoms with Crippen molar-refractivity contribution < 1.29 is 62.3 Å². The standard InChI is InChI=1S/C28H50O13/c1-13-25(30)17(31-5)10-22(36-13)39-27-15(3)38-24(12-19(27)33-7)41-28-16(4)37-23(11-20(28)34-8)40-26-14(2)35-21(29)9-18(26)32-6/h13-30H,9-12H2,1-8H3. The molecule has 13 heteroatoms. The quantitative estimate of drug-likeness (QED) is 0.373. The summed E-state index contributed by atoms with van der Waals surface area (Å²) in [6, 6.07) is 0. The minimum atomic E-state index is -0.891. The Hall–Kier alpha value is -0.520. The number of ether oxygens (including phenoxy) is 11. The Morgan fingerprint density at radius 2 is 0.805 bits per heavy atom. The number of aliphatic hydroxyl groups excluding tert-OH is 2. The molecule has 240 valence electrons. The van der Waals surface area contributed by atoms with Crippen molar-refractivity contribution in [3.63, 3.8) is 0 Å². The monoisotopic (exact) mass is 594 g/mol. The van der Waals surface area contributed by atoms with Gasteiger partial charge in [-0.15, -0.1) is 0 Å². The molecule has 4 saturated heterocycles. The first kappa shape index (κ1) is 33.4. The average Bonchev–Trinajstić information content (AvgIpc) is 2.94. The summed E-state index contributed by atoms with van der Waals surface area (Å²) < 4.78 is 65.6. The van der Waals surface area contributed by atoms with Gasteiger partial charge in [0, 0.05) is 54.1 Å². The summed E-state index contributed by atoms with van der Waals surface area (Å²) in [5, 5.41) is 20.2. The minimum Gasteiger partial charge on any atom is -0.388 e. The van der Waals surface area contributed by atoms with Crippen LogP contribution in [0.2, 0.25) is 0 Å². The molecule has 0 amide bonds. The third-order valence-corrected chi connectivity index (χ3v) is 8.67. The SMILES string of the molecule is COC1CC(OC2C(C)OC(OC3C(C)OC(OC4C(C)OC(O)CC4OC)CC3OC)CC2OC)OC(C)C1O. The fourth-order valence-electron chi connectivity index (χ4n) is 6.33. The molecular formula is C28H50O13. The first-order valence-corrected chi connectivity index (χ1v) is 14.6. The van der Waals surface area contributed by atoms with Gasteiger partial charge in [-0.25, -0.2) is 0 Å². The maximum Gasteiger partial charge on any atom is 0.161 e. The Bertz CT molecular complexity index is 790. The zero-order valence-corrected chi connectivity index (χ0v) is 25.5. The van der Waals surface area contributed by atoms with E-state index in [0.717, 1.165) is 0 Å². The fraction of sp³-hybridized carbons (Fsp3) is 1.00. The van der Waals surface area contributed by atoms with Gasteiger partial charge in [-0.3, -0.25) is 0 Å². The van der Waals surface area contributed by atoms with E-state index in [1.54, 1.807) is 35.4 Å². The Kier molecular flexibility index (Phi) is 12.2. The lowest BCUT2D eigenvalue weighted by Gasteiger charge is -2.46. The molecule has 2 N–H and O–H groups in total. The lowest BCUT2D eigenvalue weighted by Crippen LogP contribution is -2.57. The van der Waals surface area contributed by atoms with Crippen LogP contribution >= 0.6 is 0 Å². The van der Waals surface area contributed by atoms with Crippen molar-refractivity contribution in [2.75, 3.05) is 28.4 Å². The highest BCUT2D eigenvalue weighted by atomic mass is 16.8. The summed E-state index contributed by atoms with van der Waals surface area (Å²) in [6.07, 6.45) is -5.86. The maximum absolute atomic E-state index is 10.3. The van der Waals surface area contributed by atoms with Gasteiger partial charge >= 0.3 is 0 Å². The molecule has 4 aliphatic heterocycles. The summed E-state index contributed by atoms with van der Waals surface area (Å²) in [5.74, 6) is 0. The Labute approximate surface area is 242 Å². The molecule has 4 aliphatic rings. The smallest absolute Gasteiger partial charge is 0.161 e. The highest BCUT2D eigenvalue weighted by Gasteiger charge is 2.47. The van der Waals surface area contributed by atoms with Crippen molar-refractivity contribution >= 4 is 0 Å². The summed E-state index contributed by atoms with van der Waals surface area (Å²) in [6.45, 7) is 7.47. The third-order valence-electron chi connectivity index (χ3n) is 8.67. The molecule has 41 heavy (non-hydrogen) atoms. The molecule has 4 heterocycles. The molecule has 0 aromatic heterocycles. The van der Waals surface area contributed by atoms with Crippen molar-refractivity contribution in [3.8, 4) is 0 Å². The number of hydrogen-bond donors (Lipinski definition) is 2. The van der Waals surface area contributed by atoms with Gasteiger partial charge in [0.15, 0.2) is 25.2 Å². The lowest BCUT2D eigenvalue weighted by molar-refractivity contribution is -0.345. The minimum absolute atomic E-state index is 0.316. The summed E-state index contributed by atoms with van der Waals surface area (Å²) in [7, 11) is 6.43. The summed E-state index contributed by atoms with van der Waals surface area (Å²) >= 11 is 0. The Morgan fingerprint density at radius 1 is 0.463 bits per heavy atom. The van der Waals surface area contributed by atoms with Crippen LogP contribution in [-0.2, 0) is 52.1 Å². The second-order valence-electron chi connectivity index (χ2n) is 11.4. The van der Waals surface area contributed by atoms with Crippen LogP contribution in [0.25, 0.3) is 0 Å². The van der Waals surface area contributed by atoms with Crippen LogP contribution in [0.15, 0.2) is 0 Å². The van der Waals surface area contributed by atoms with Crippen LogP contribution in [0.3, 0.4) is 0 Å². The second kappa shape index (κ2) is 15.0. The van der Waals surface area contributed by atoms with E-state index in [4.69, 9.17) is 52.1 Å². The molecule has 0 aliphatic carbocycles. The Balaban J connectivity index is 1.33. The van der Waals surface area contributed by atoms with Gasteiger partial charge in [0.2, 0.25) is 0 Å². The third kappa shape index (κ3) is 7.96. The van der Waals surface area contributed by atoms with E-state index in [1.165, 1.54) is 0 Å². The molecule has 16 unspecified atom stereocenters. The fourth-order valence-corrected chi connectivity index (χ4v) is 6.33. The van der Waals surface area contributed by atoms with E-state index in [1.807, 2.05) is 20.8 Å². The van der Waals surface area contributed by atoms with E-state index in [2.05, 4.69) is 0 Å². The molecule has 0 bridgehead atoms. The van der Waals surface area contributed by atoms with E-state index in [0.29, 0.717) is 25.7 Å². The normalized spacial score (nSPS) is 49.6. The van der Waals surface area contributed by atoms with Crippen molar-refractivity contribution in [2.45, 2.75) is 152 Å². The summed E-state index contributed by atoms with van der Waals surface area (Å²) in [4.78, 5) is 0. The molecule has 4 fully saturated rings. The van der Waals surface area contributed by atoms with Crippen LogP contribution < -0.4 is 0 Å². The predicted octanol–water partition coefficient (Wildman–Crippen LogP) is 1.09. The topological polar surface area (TPSA) is 142 Å². The van der Waals surface area contributed by atoms with Gasteiger partial charge in [0.05, 0.1) is 48.8 Å². The van der Waals surface area contributed by atoms with Crippen LogP contribution in [0, 0.1) is 0 Å². The van der Waals surface area contributed by atoms with Crippen molar-refractivity contribution in [1.82, 2.24) is 0 Å². The zero-order chi connectivity index (χ0) is 29.8. The van der Waals surface area contributed by atoms with Crippen LogP contribution in [0.1, 0.15) is 53.4 Å². The molecule has 0 saturated carbocycles. The average molecular weight is 595 g/mol. The predicted molar refractivity (Wildman–Crippen MR) is 142 cm³/mol. The Morgan fingerprint density at radius 3 is 1.22 bits per heavy atom. The van der Waals surface area contributed by atoms with Crippen LogP contribution in [0.5, 0.6) is 0 Å². The number of hydrogen-bond acceptors (Lipinski definition) is 13. The molecule has 0 aromatic carbocycles. The number of rotatable bonds is 10. The molecule has 16 atom stereocenters. The molecule has 4 rings (SSSR count). The van der Waals surface area contributed by atoms with E-state index in [9.17, 15) is 10.2 Å². The highest BCUT2D eigenvalue weighted by Crippen LogP contribution is 2.35. The van der Waals surface area contributed by atoms with Gasteiger partial charge in [-0.1, -0.05) is 0 Å². The first-order chi connectivity index (χ1) is 19.6. The lowest BCUT2D eigenvalue weighted by atomic mass is 9.98. The van der Waals surface area contributed by atoms with Gasteiger partial charge in [0.25, 0.3) is 0 Å². The zero-order valence-electron chi connectivity index (χ0n) is 25.5. The highest BCUT2D eigenvalue weighted by molar-refractivity contribution is 4.90. The van der Waals surface area contributed by atoms with Crippen molar-refractivity contribution in [1.29, 1.82) is 0 Å².